The molecule has 0 fully saturated rings. The maximum atomic E-state index is 12.9. The van der Waals surface area contributed by atoms with Gasteiger partial charge in [0.05, 0.1) is 17.7 Å². The van der Waals surface area contributed by atoms with E-state index in [2.05, 4.69) is 17.6 Å². The number of urea groups is 1. The summed E-state index contributed by atoms with van der Waals surface area (Å²) >= 11 is 6.19. The lowest BCUT2D eigenvalue weighted by molar-refractivity contribution is -0.143. The van der Waals surface area contributed by atoms with Crippen molar-refractivity contribution in [1.29, 1.82) is 0 Å². The van der Waals surface area contributed by atoms with Gasteiger partial charge < -0.3 is 20.1 Å². The Balaban J connectivity index is 1.83. The highest BCUT2D eigenvalue weighted by Crippen LogP contribution is 2.31. The van der Waals surface area contributed by atoms with Crippen LogP contribution in [0.15, 0.2) is 59.8 Å². The van der Waals surface area contributed by atoms with Gasteiger partial charge in [0.25, 0.3) is 0 Å². The number of esters is 1. The molecule has 0 saturated carbocycles. The van der Waals surface area contributed by atoms with E-state index in [1.165, 1.54) is 0 Å². The molecule has 7 heteroatoms. The first kappa shape index (κ1) is 23.7. The van der Waals surface area contributed by atoms with Crippen LogP contribution in [0.3, 0.4) is 0 Å². The molecule has 1 atom stereocenters. The Morgan fingerprint density at radius 2 is 1.84 bits per heavy atom. The van der Waals surface area contributed by atoms with E-state index in [1.54, 1.807) is 13.8 Å². The lowest BCUT2D eigenvalue weighted by Gasteiger charge is -2.30. The minimum Gasteiger partial charge on any atom is -0.489 e. The molecule has 32 heavy (non-hydrogen) atoms. The SMILES string of the molecule is CCCCC1=C(C(=O)OC(C)C)C(c2ccc(OCc3ccccc3Cl)cc2)NC(=O)N1. The second kappa shape index (κ2) is 11.0. The first-order valence-electron chi connectivity index (χ1n) is 10.9. The number of carbonyl (C=O) groups is 2. The summed E-state index contributed by atoms with van der Waals surface area (Å²) in [4.78, 5) is 25.2. The largest absolute Gasteiger partial charge is 0.489 e. The average molecular weight is 457 g/mol. The summed E-state index contributed by atoms with van der Waals surface area (Å²) in [5.41, 5.74) is 2.72. The highest BCUT2D eigenvalue weighted by atomic mass is 35.5. The molecule has 1 heterocycles. The lowest BCUT2D eigenvalue weighted by Crippen LogP contribution is -2.46. The molecule has 0 bridgehead atoms. The summed E-state index contributed by atoms with van der Waals surface area (Å²) in [7, 11) is 0. The minimum absolute atomic E-state index is 0.263. The second-order valence-corrected chi connectivity index (χ2v) is 8.34. The standard InChI is InChI=1S/C25H29ClN2O4/c1-4-5-10-21-22(24(29)32-16(2)3)23(28-25(30)27-21)17-11-13-19(14-12-17)31-15-18-8-6-7-9-20(18)26/h6-9,11-14,16,23H,4-5,10,15H2,1-3H3,(H2,27,28,30). The number of nitrogens with one attached hydrogen (secondary N) is 2. The molecule has 170 valence electrons. The summed E-state index contributed by atoms with van der Waals surface area (Å²) < 4.78 is 11.3. The van der Waals surface area contributed by atoms with Gasteiger partial charge in [-0.05, 0) is 50.5 Å². The predicted octanol–water partition coefficient (Wildman–Crippen LogP) is 5.67. The average Bonchev–Trinajstić information content (AvgIpc) is 2.76. The van der Waals surface area contributed by atoms with Gasteiger partial charge >= 0.3 is 12.0 Å². The fourth-order valence-electron chi connectivity index (χ4n) is 3.47. The Bertz CT molecular complexity index is 986. The number of halogens is 1. The summed E-state index contributed by atoms with van der Waals surface area (Å²) in [6, 6.07) is 13.9. The monoisotopic (exact) mass is 456 g/mol. The molecular formula is C25H29ClN2O4. The van der Waals surface area contributed by atoms with E-state index in [0.717, 1.165) is 24.0 Å². The molecule has 2 amide bonds. The lowest BCUT2D eigenvalue weighted by atomic mass is 9.93. The first-order chi connectivity index (χ1) is 15.4. The summed E-state index contributed by atoms with van der Waals surface area (Å²) in [6.07, 6.45) is 2.14. The van der Waals surface area contributed by atoms with Gasteiger partial charge in [-0.3, -0.25) is 0 Å². The van der Waals surface area contributed by atoms with Crippen molar-refractivity contribution in [3.8, 4) is 5.75 Å². The van der Waals surface area contributed by atoms with Crippen molar-refractivity contribution in [2.45, 2.75) is 58.8 Å². The summed E-state index contributed by atoms with van der Waals surface area (Å²) in [5.74, 6) is 0.234. The van der Waals surface area contributed by atoms with Crippen LogP contribution in [-0.2, 0) is 16.1 Å². The first-order valence-corrected chi connectivity index (χ1v) is 11.2. The van der Waals surface area contributed by atoms with E-state index in [-0.39, 0.29) is 12.1 Å². The molecule has 2 N–H and O–H groups in total. The number of allylic oxidation sites excluding steroid dienone is 1. The highest BCUT2D eigenvalue weighted by molar-refractivity contribution is 6.31. The number of hydrogen-bond acceptors (Lipinski definition) is 4. The fourth-order valence-corrected chi connectivity index (χ4v) is 3.66. The Morgan fingerprint density at radius 1 is 1.12 bits per heavy atom. The fraction of sp³-hybridized carbons (Fsp3) is 0.360. The number of ether oxygens (including phenoxy) is 2. The molecule has 0 saturated heterocycles. The molecule has 2 aromatic carbocycles. The number of benzene rings is 2. The van der Waals surface area contributed by atoms with Crippen molar-refractivity contribution < 1.29 is 19.1 Å². The van der Waals surface area contributed by atoms with Crippen LogP contribution in [0.2, 0.25) is 5.02 Å². The third-order valence-corrected chi connectivity index (χ3v) is 5.43. The zero-order valence-electron chi connectivity index (χ0n) is 18.6. The van der Waals surface area contributed by atoms with E-state index in [4.69, 9.17) is 21.1 Å². The summed E-state index contributed by atoms with van der Waals surface area (Å²) in [6.45, 7) is 6.02. The van der Waals surface area contributed by atoms with Gasteiger partial charge in [0.15, 0.2) is 0 Å². The molecule has 6 nitrogen and oxygen atoms in total. The molecule has 3 rings (SSSR count). The van der Waals surface area contributed by atoms with Crippen LogP contribution in [0.5, 0.6) is 5.75 Å². The molecule has 0 spiro atoms. The number of hydrogen-bond donors (Lipinski definition) is 2. The molecule has 1 aliphatic rings. The minimum atomic E-state index is -0.598. The molecule has 0 radical (unpaired) electrons. The van der Waals surface area contributed by atoms with Crippen molar-refractivity contribution in [3.63, 3.8) is 0 Å². The Labute approximate surface area is 193 Å². The normalized spacial score (nSPS) is 15.9. The van der Waals surface area contributed by atoms with Crippen LogP contribution in [0, 0.1) is 0 Å². The summed E-state index contributed by atoms with van der Waals surface area (Å²) in [5, 5.41) is 6.32. The Morgan fingerprint density at radius 3 is 2.50 bits per heavy atom. The maximum Gasteiger partial charge on any atom is 0.338 e. The highest BCUT2D eigenvalue weighted by Gasteiger charge is 2.33. The van der Waals surface area contributed by atoms with E-state index in [1.807, 2.05) is 48.5 Å². The van der Waals surface area contributed by atoms with Crippen LogP contribution in [-0.4, -0.2) is 18.1 Å². The Kier molecular flexibility index (Phi) is 8.17. The third kappa shape index (κ3) is 6.04. The van der Waals surface area contributed by atoms with Crippen LogP contribution >= 0.6 is 11.6 Å². The topological polar surface area (TPSA) is 76.7 Å². The molecule has 1 aliphatic heterocycles. The van der Waals surface area contributed by atoms with Gasteiger partial charge in [-0.25, -0.2) is 9.59 Å². The predicted molar refractivity (Wildman–Crippen MR) is 124 cm³/mol. The van der Waals surface area contributed by atoms with Crippen molar-refractivity contribution in [2.75, 3.05) is 0 Å². The maximum absolute atomic E-state index is 12.9. The number of amides is 2. The zero-order chi connectivity index (χ0) is 23.1. The number of unbranched alkanes of at least 4 members (excludes halogenated alkanes) is 1. The number of rotatable bonds is 9. The smallest absolute Gasteiger partial charge is 0.338 e. The molecule has 0 aromatic heterocycles. The molecule has 2 aromatic rings. The van der Waals surface area contributed by atoms with Crippen LogP contribution in [0.25, 0.3) is 0 Å². The van der Waals surface area contributed by atoms with Crippen molar-refractivity contribution in [1.82, 2.24) is 10.6 Å². The molecular weight excluding hydrogens is 428 g/mol. The quantitative estimate of drug-likeness (QED) is 0.476. The van der Waals surface area contributed by atoms with Crippen LogP contribution in [0.1, 0.15) is 57.2 Å². The van der Waals surface area contributed by atoms with Gasteiger partial charge in [0, 0.05) is 16.3 Å². The van der Waals surface area contributed by atoms with Gasteiger partial charge in [0.1, 0.15) is 12.4 Å². The zero-order valence-corrected chi connectivity index (χ0v) is 19.4. The second-order valence-electron chi connectivity index (χ2n) is 7.93. The van der Waals surface area contributed by atoms with E-state index >= 15 is 0 Å². The van der Waals surface area contributed by atoms with Crippen LogP contribution in [0.4, 0.5) is 4.79 Å². The van der Waals surface area contributed by atoms with Crippen LogP contribution < -0.4 is 15.4 Å². The van der Waals surface area contributed by atoms with Gasteiger partial charge in [0.2, 0.25) is 0 Å². The third-order valence-electron chi connectivity index (χ3n) is 5.06. The van der Waals surface area contributed by atoms with Gasteiger partial charge in [-0.15, -0.1) is 0 Å². The van der Waals surface area contributed by atoms with Gasteiger partial charge in [-0.1, -0.05) is 55.3 Å². The van der Waals surface area contributed by atoms with Gasteiger partial charge in [-0.2, -0.15) is 0 Å². The van der Waals surface area contributed by atoms with Crippen molar-refractivity contribution in [2.24, 2.45) is 0 Å². The van der Waals surface area contributed by atoms with Crippen molar-refractivity contribution in [3.05, 3.63) is 76.0 Å². The van der Waals surface area contributed by atoms with E-state index < -0.39 is 12.0 Å². The number of carbonyl (C=O) groups excluding carboxylic acids is 2. The molecule has 0 aliphatic carbocycles. The van der Waals surface area contributed by atoms with E-state index in [9.17, 15) is 9.59 Å². The van der Waals surface area contributed by atoms with E-state index in [0.29, 0.717) is 35.1 Å². The Hall–Kier alpha value is -2.99. The van der Waals surface area contributed by atoms with Crippen molar-refractivity contribution >= 4 is 23.6 Å². The molecule has 1 unspecified atom stereocenters.